The lowest BCUT2D eigenvalue weighted by Gasteiger charge is -2.40. The topological polar surface area (TPSA) is 3.24 Å². The Morgan fingerprint density at radius 2 is 1.76 bits per heavy atom. The van der Waals surface area contributed by atoms with Gasteiger partial charge in [-0.05, 0) is 51.5 Å². The van der Waals surface area contributed by atoms with Gasteiger partial charge in [0.1, 0.15) is 0 Å². The van der Waals surface area contributed by atoms with Gasteiger partial charge in [0.15, 0.2) is 0 Å². The Bertz CT molecular complexity index is 397. The van der Waals surface area contributed by atoms with Gasteiger partial charge in [0, 0.05) is 18.0 Å². The van der Waals surface area contributed by atoms with Crippen LogP contribution in [0.3, 0.4) is 0 Å². The first-order valence-corrected chi connectivity index (χ1v) is 6.48. The molecule has 0 saturated heterocycles. The minimum Gasteiger partial charge on any atom is -0.373 e. The maximum absolute atomic E-state index is 2.46. The second-order valence-electron chi connectivity index (χ2n) is 5.99. The van der Waals surface area contributed by atoms with Gasteiger partial charge in [-0.3, -0.25) is 0 Å². The van der Waals surface area contributed by atoms with Crippen LogP contribution in [0, 0.1) is 0 Å². The Morgan fingerprint density at radius 3 is 2.29 bits per heavy atom. The highest BCUT2D eigenvalue weighted by molar-refractivity contribution is 5.29. The molecule has 1 aliphatic rings. The third-order valence-electron chi connectivity index (χ3n) is 3.63. The van der Waals surface area contributed by atoms with Crippen LogP contribution in [0.4, 0.5) is 0 Å². The van der Waals surface area contributed by atoms with Crippen LogP contribution in [-0.4, -0.2) is 17.0 Å². The van der Waals surface area contributed by atoms with Gasteiger partial charge < -0.3 is 4.90 Å². The van der Waals surface area contributed by atoms with E-state index in [0.717, 1.165) is 6.54 Å². The van der Waals surface area contributed by atoms with Crippen LogP contribution in [0.25, 0.3) is 0 Å². The van der Waals surface area contributed by atoms with Crippen molar-refractivity contribution in [2.24, 2.45) is 0 Å². The second-order valence-corrected chi connectivity index (χ2v) is 5.99. The minimum atomic E-state index is 0.239. The van der Waals surface area contributed by atoms with Crippen molar-refractivity contribution < 1.29 is 0 Å². The van der Waals surface area contributed by atoms with Crippen LogP contribution >= 0.6 is 0 Å². The molecule has 2 rings (SSSR count). The molecule has 1 nitrogen and oxygen atoms in total. The largest absolute Gasteiger partial charge is 0.373 e. The summed E-state index contributed by atoms with van der Waals surface area (Å²) in [5.74, 6) is 0.606. The molecule has 1 aromatic carbocycles. The fourth-order valence-electron chi connectivity index (χ4n) is 2.54. The van der Waals surface area contributed by atoms with Gasteiger partial charge in [-0.1, -0.05) is 30.3 Å². The first-order chi connectivity index (χ1) is 7.98. The predicted octanol–water partition coefficient (Wildman–Crippen LogP) is 4.18. The fourth-order valence-corrected chi connectivity index (χ4v) is 2.54. The van der Waals surface area contributed by atoms with Gasteiger partial charge in [-0.15, -0.1) is 0 Å². The molecular weight excluding hydrogens is 206 g/mol. The van der Waals surface area contributed by atoms with Crippen molar-refractivity contribution in [2.45, 2.75) is 45.6 Å². The molecule has 0 saturated carbocycles. The van der Waals surface area contributed by atoms with Crippen molar-refractivity contribution in [1.29, 1.82) is 0 Å². The summed E-state index contributed by atoms with van der Waals surface area (Å²) in [6, 6.07) is 10.9. The third kappa shape index (κ3) is 2.71. The Balaban J connectivity index is 2.21. The van der Waals surface area contributed by atoms with Crippen molar-refractivity contribution in [3.8, 4) is 0 Å². The van der Waals surface area contributed by atoms with E-state index in [1.807, 2.05) is 0 Å². The van der Waals surface area contributed by atoms with Crippen molar-refractivity contribution in [3.63, 3.8) is 0 Å². The Hall–Kier alpha value is -1.24. The lowest BCUT2D eigenvalue weighted by molar-refractivity contribution is 0.188. The van der Waals surface area contributed by atoms with Crippen LogP contribution in [0.1, 0.15) is 45.6 Å². The first-order valence-electron chi connectivity index (χ1n) is 6.48. The summed E-state index contributed by atoms with van der Waals surface area (Å²) in [6.07, 6.45) is 3.57. The fraction of sp³-hybridized carbons (Fsp3) is 0.500. The number of nitrogens with zero attached hydrogens (tertiary/aromatic N) is 1. The molecule has 0 radical (unpaired) electrons. The number of rotatable bonds is 1. The second kappa shape index (κ2) is 4.56. The molecule has 0 aliphatic carbocycles. The van der Waals surface area contributed by atoms with E-state index >= 15 is 0 Å². The molecule has 0 fully saturated rings. The average Bonchev–Trinajstić information content (AvgIpc) is 2.29. The molecule has 92 valence electrons. The van der Waals surface area contributed by atoms with E-state index in [2.05, 4.69) is 69.1 Å². The van der Waals surface area contributed by atoms with E-state index in [1.165, 1.54) is 17.6 Å². The van der Waals surface area contributed by atoms with Crippen molar-refractivity contribution >= 4 is 0 Å². The third-order valence-corrected chi connectivity index (χ3v) is 3.63. The minimum absolute atomic E-state index is 0.239. The summed E-state index contributed by atoms with van der Waals surface area (Å²) < 4.78 is 0. The van der Waals surface area contributed by atoms with Crippen molar-refractivity contribution in [1.82, 2.24) is 4.90 Å². The summed E-state index contributed by atoms with van der Waals surface area (Å²) in [6.45, 7) is 10.2. The smallest absolute Gasteiger partial charge is 0.0312 e. The lowest BCUT2D eigenvalue weighted by Crippen LogP contribution is -2.40. The van der Waals surface area contributed by atoms with E-state index in [-0.39, 0.29) is 5.54 Å². The zero-order valence-corrected chi connectivity index (χ0v) is 11.4. The summed E-state index contributed by atoms with van der Waals surface area (Å²) in [4.78, 5) is 2.46. The van der Waals surface area contributed by atoms with Crippen LogP contribution < -0.4 is 0 Å². The van der Waals surface area contributed by atoms with Gasteiger partial charge in [0.25, 0.3) is 0 Å². The van der Waals surface area contributed by atoms with Crippen LogP contribution in [0.2, 0.25) is 0 Å². The van der Waals surface area contributed by atoms with Crippen molar-refractivity contribution in [3.05, 3.63) is 47.7 Å². The molecule has 1 atom stereocenters. The number of benzene rings is 1. The molecule has 0 bridgehead atoms. The normalized spacial score (nSPS) is 21.3. The van der Waals surface area contributed by atoms with Gasteiger partial charge in [0.2, 0.25) is 0 Å². The highest BCUT2D eigenvalue weighted by atomic mass is 15.2. The van der Waals surface area contributed by atoms with E-state index in [0.29, 0.717) is 5.92 Å². The molecule has 0 spiro atoms. The number of hydrogen-bond acceptors (Lipinski definition) is 1. The molecule has 0 amide bonds. The monoisotopic (exact) mass is 229 g/mol. The highest BCUT2D eigenvalue weighted by Gasteiger charge is 2.25. The summed E-state index contributed by atoms with van der Waals surface area (Å²) in [5, 5.41) is 0. The maximum Gasteiger partial charge on any atom is 0.0312 e. The van der Waals surface area contributed by atoms with Crippen molar-refractivity contribution in [2.75, 3.05) is 6.54 Å². The Labute approximate surface area is 105 Å². The Kier molecular flexibility index (Phi) is 3.28. The van der Waals surface area contributed by atoms with Gasteiger partial charge in [-0.25, -0.2) is 0 Å². The molecule has 1 aromatic rings. The number of hydrogen-bond donors (Lipinski definition) is 0. The molecular formula is C16H23N. The maximum atomic E-state index is 2.46. The first kappa shape index (κ1) is 12.2. The SMILES string of the molecule is CC1=CN(C(C)(C)C)CCC1c1ccccc1. The highest BCUT2D eigenvalue weighted by Crippen LogP contribution is 2.33. The summed E-state index contributed by atoms with van der Waals surface area (Å²) in [7, 11) is 0. The molecule has 1 aliphatic heterocycles. The average molecular weight is 229 g/mol. The summed E-state index contributed by atoms with van der Waals surface area (Å²) in [5.41, 5.74) is 3.18. The van der Waals surface area contributed by atoms with Gasteiger partial charge in [-0.2, -0.15) is 0 Å². The quantitative estimate of drug-likeness (QED) is 0.698. The van der Waals surface area contributed by atoms with Crippen LogP contribution in [-0.2, 0) is 0 Å². The number of allylic oxidation sites excluding steroid dienone is 1. The van der Waals surface area contributed by atoms with Crippen LogP contribution in [0.15, 0.2) is 42.1 Å². The molecule has 1 heterocycles. The predicted molar refractivity (Wildman–Crippen MR) is 74.0 cm³/mol. The summed E-state index contributed by atoms with van der Waals surface area (Å²) >= 11 is 0. The molecule has 0 N–H and O–H groups in total. The standard InChI is InChI=1S/C16H23N/c1-13-12-17(16(2,3)4)11-10-15(13)14-8-6-5-7-9-14/h5-9,12,15H,10-11H2,1-4H3. The zero-order chi connectivity index (χ0) is 12.5. The van der Waals surface area contributed by atoms with E-state index < -0.39 is 0 Å². The van der Waals surface area contributed by atoms with E-state index in [9.17, 15) is 0 Å². The van der Waals surface area contributed by atoms with E-state index in [1.54, 1.807) is 0 Å². The molecule has 17 heavy (non-hydrogen) atoms. The zero-order valence-electron chi connectivity index (χ0n) is 11.4. The lowest BCUT2D eigenvalue weighted by atomic mass is 9.86. The molecule has 0 aromatic heterocycles. The van der Waals surface area contributed by atoms with E-state index in [4.69, 9.17) is 0 Å². The van der Waals surface area contributed by atoms with Gasteiger partial charge in [0.05, 0.1) is 0 Å². The van der Waals surface area contributed by atoms with Gasteiger partial charge >= 0.3 is 0 Å². The Morgan fingerprint density at radius 1 is 1.12 bits per heavy atom. The molecule has 1 unspecified atom stereocenters. The molecule has 1 heteroatoms. The van der Waals surface area contributed by atoms with Crippen LogP contribution in [0.5, 0.6) is 0 Å².